The number of halogens is 5. The third-order valence-electron chi connectivity index (χ3n) is 6.77. The number of hydrogen-bond donors (Lipinski definition) is 3. The maximum Gasteiger partial charge on any atom is 0.170 e. The number of rotatable bonds is 6. The van der Waals surface area contributed by atoms with Gasteiger partial charge in [-0.2, -0.15) is 0 Å². The number of fused-ring (bicyclic) bond motifs is 1. The Morgan fingerprint density at radius 2 is 1.85 bits per heavy atom. The minimum Gasteiger partial charge on any atom is -0.504 e. The zero-order valence-electron chi connectivity index (χ0n) is 21.8. The first-order valence-electron chi connectivity index (χ1n) is 12.1. The van der Waals surface area contributed by atoms with Gasteiger partial charge in [0.25, 0.3) is 0 Å². The number of phenols is 1. The molecule has 0 saturated carbocycles. The Morgan fingerprint density at radius 3 is 2.50 bits per heavy atom. The predicted molar refractivity (Wildman–Crippen MR) is 167 cm³/mol. The summed E-state index contributed by atoms with van der Waals surface area (Å²) in [4.78, 5) is 23.9. The normalized spacial score (nSPS) is 14.5. The van der Waals surface area contributed by atoms with Crippen LogP contribution in [0.1, 0.15) is 30.1 Å². The molecule has 4 aromatic rings. The number of nitrogens with zero attached hydrogens (tertiary/aromatic N) is 3. The average Bonchev–Trinajstić information content (AvgIpc) is 2.91. The number of pyridine rings is 2. The highest BCUT2D eigenvalue weighted by atomic mass is 35.5. The van der Waals surface area contributed by atoms with E-state index in [9.17, 15) is 14.3 Å². The van der Waals surface area contributed by atoms with Gasteiger partial charge in [0.05, 0.1) is 33.7 Å². The van der Waals surface area contributed by atoms with Crippen LogP contribution in [0, 0.1) is 5.82 Å². The van der Waals surface area contributed by atoms with Gasteiger partial charge in [-0.25, -0.2) is 9.37 Å². The lowest BCUT2D eigenvalue weighted by molar-refractivity contribution is 0.101. The van der Waals surface area contributed by atoms with Crippen molar-refractivity contribution in [2.45, 2.75) is 25.8 Å². The van der Waals surface area contributed by atoms with E-state index in [1.165, 1.54) is 19.1 Å². The average molecular weight is 629 g/mol. The fourth-order valence-corrected chi connectivity index (χ4v) is 4.93. The maximum atomic E-state index is 14.2. The number of aromatic hydroxyl groups is 1. The molecule has 1 aliphatic heterocycles. The van der Waals surface area contributed by atoms with Gasteiger partial charge in [0.2, 0.25) is 0 Å². The standard InChI is InChI=1S/C28H27ClFN5O2.3ClH/c1-16(36)22-14-32-25-7-5-17(18-11-23(29)28(37)24(30)12-18)10-21(25)27(22)34-19-6-8-26(33-13-19)35-9-3-4-20(15-35)31-2;;;/h5-8,10-14,20,31,37H,3-4,9,15H2,1-2H3,(H,32,34);3*1H. The smallest absolute Gasteiger partial charge is 0.170 e. The molecule has 1 saturated heterocycles. The number of nitrogens with one attached hydrogen (secondary N) is 2. The van der Waals surface area contributed by atoms with E-state index in [0.29, 0.717) is 39.3 Å². The Bertz CT molecular complexity index is 1470. The summed E-state index contributed by atoms with van der Waals surface area (Å²) in [5.74, 6) is -0.629. The number of carbonyl (C=O) groups excluding carboxylic acids is 1. The highest BCUT2D eigenvalue weighted by Crippen LogP contribution is 2.36. The van der Waals surface area contributed by atoms with Crippen molar-refractivity contribution in [3.05, 3.63) is 71.3 Å². The molecular weight excluding hydrogens is 599 g/mol. The van der Waals surface area contributed by atoms with E-state index in [0.717, 1.165) is 37.4 Å². The topological polar surface area (TPSA) is 90.4 Å². The number of likely N-dealkylation sites (N-methyl/N-ethyl adjacent to an activating group) is 1. The molecule has 5 rings (SSSR count). The van der Waals surface area contributed by atoms with Crippen LogP contribution < -0.4 is 15.5 Å². The molecule has 2 aromatic carbocycles. The van der Waals surface area contributed by atoms with Crippen molar-refractivity contribution in [1.82, 2.24) is 15.3 Å². The van der Waals surface area contributed by atoms with Crippen LogP contribution in [0.25, 0.3) is 22.0 Å². The Hall–Kier alpha value is -2.88. The lowest BCUT2D eigenvalue weighted by Gasteiger charge is -2.33. The molecular formula is C28H30Cl4FN5O2. The molecule has 1 atom stereocenters. The lowest BCUT2D eigenvalue weighted by atomic mass is 10.00. The molecule has 1 unspecified atom stereocenters. The van der Waals surface area contributed by atoms with Crippen molar-refractivity contribution in [3.8, 4) is 16.9 Å². The number of anilines is 3. The minimum atomic E-state index is -0.808. The predicted octanol–water partition coefficient (Wildman–Crippen LogP) is 7.19. The molecule has 0 amide bonds. The number of piperidine rings is 1. The molecule has 0 spiro atoms. The van der Waals surface area contributed by atoms with Crippen molar-refractivity contribution < 1.29 is 14.3 Å². The van der Waals surface area contributed by atoms with Crippen molar-refractivity contribution in [3.63, 3.8) is 0 Å². The third kappa shape index (κ3) is 6.87. The fraction of sp³-hybridized carbons (Fsp3) is 0.250. The van der Waals surface area contributed by atoms with E-state index >= 15 is 0 Å². The molecule has 3 heterocycles. The number of benzene rings is 2. The molecule has 40 heavy (non-hydrogen) atoms. The highest BCUT2D eigenvalue weighted by molar-refractivity contribution is 6.32. The number of phenolic OH excluding ortho intramolecular Hbond substituents is 1. The van der Waals surface area contributed by atoms with Gasteiger partial charge in [-0.1, -0.05) is 17.7 Å². The second-order valence-electron chi connectivity index (χ2n) is 9.23. The molecule has 0 bridgehead atoms. The second-order valence-corrected chi connectivity index (χ2v) is 9.63. The Labute approximate surface area is 255 Å². The SMILES string of the molecule is CNC1CCCN(c2ccc(Nc3c(C(C)=O)cnc4ccc(-c5cc(F)c(O)c(Cl)c5)cc34)cn2)C1.Cl.Cl.Cl. The van der Waals surface area contributed by atoms with Gasteiger partial charge in [0, 0.05) is 30.7 Å². The molecule has 1 fully saturated rings. The summed E-state index contributed by atoms with van der Waals surface area (Å²) in [5, 5.41) is 17.0. The molecule has 7 nitrogen and oxygen atoms in total. The summed E-state index contributed by atoms with van der Waals surface area (Å²) in [6.45, 7) is 3.36. The zero-order valence-corrected chi connectivity index (χ0v) is 25.0. The van der Waals surface area contributed by atoms with Gasteiger partial charge in [0.15, 0.2) is 17.3 Å². The van der Waals surface area contributed by atoms with E-state index in [2.05, 4.69) is 25.5 Å². The monoisotopic (exact) mass is 627 g/mol. The summed E-state index contributed by atoms with van der Waals surface area (Å²) < 4.78 is 14.2. The van der Waals surface area contributed by atoms with E-state index in [-0.39, 0.29) is 48.0 Å². The van der Waals surface area contributed by atoms with Gasteiger partial charge in [-0.05, 0) is 74.3 Å². The maximum absolute atomic E-state index is 14.2. The first-order chi connectivity index (χ1) is 17.8. The summed E-state index contributed by atoms with van der Waals surface area (Å²) in [6, 6.07) is 12.5. The number of aromatic nitrogens is 2. The van der Waals surface area contributed by atoms with Crippen molar-refractivity contribution >= 4 is 82.7 Å². The molecule has 214 valence electrons. The molecule has 0 radical (unpaired) electrons. The largest absolute Gasteiger partial charge is 0.504 e. The van der Waals surface area contributed by atoms with Crippen LogP contribution >= 0.6 is 48.8 Å². The zero-order chi connectivity index (χ0) is 26.1. The molecule has 3 N–H and O–H groups in total. The van der Waals surface area contributed by atoms with Crippen molar-refractivity contribution in [2.75, 3.05) is 30.4 Å². The molecule has 2 aromatic heterocycles. The number of hydrogen-bond acceptors (Lipinski definition) is 7. The van der Waals surface area contributed by atoms with Gasteiger partial charge in [-0.3, -0.25) is 9.78 Å². The Kier molecular flexibility index (Phi) is 11.8. The molecule has 12 heteroatoms. The summed E-state index contributed by atoms with van der Waals surface area (Å²) in [6.07, 6.45) is 5.57. The van der Waals surface area contributed by atoms with Gasteiger partial charge in [0.1, 0.15) is 5.82 Å². The summed E-state index contributed by atoms with van der Waals surface area (Å²) in [7, 11) is 1.98. The summed E-state index contributed by atoms with van der Waals surface area (Å²) in [5.41, 5.74) is 3.57. The Morgan fingerprint density at radius 1 is 1.07 bits per heavy atom. The third-order valence-corrected chi connectivity index (χ3v) is 7.06. The fourth-order valence-electron chi connectivity index (χ4n) is 4.72. The quantitative estimate of drug-likeness (QED) is 0.195. The summed E-state index contributed by atoms with van der Waals surface area (Å²) >= 11 is 6.00. The van der Waals surface area contributed by atoms with Crippen LogP contribution in [-0.2, 0) is 0 Å². The van der Waals surface area contributed by atoms with Crippen LogP contribution in [0.15, 0.2) is 54.9 Å². The van der Waals surface area contributed by atoms with Gasteiger partial charge >= 0.3 is 0 Å². The first-order valence-corrected chi connectivity index (χ1v) is 12.5. The van der Waals surface area contributed by atoms with E-state index in [4.69, 9.17) is 11.6 Å². The Balaban J connectivity index is 0.00000187. The minimum absolute atomic E-state index is 0. The van der Waals surface area contributed by atoms with Crippen LogP contribution in [0.4, 0.5) is 21.6 Å². The van der Waals surface area contributed by atoms with Crippen LogP contribution in [0.5, 0.6) is 5.75 Å². The second kappa shape index (κ2) is 14.1. The van der Waals surface area contributed by atoms with Crippen molar-refractivity contribution in [1.29, 1.82) is 0 Å². The highest BCUT2D eigenvalue weighted by Gasteiger charge is 2.20. The number of Topliss-reactive ketones (excluding diaryl/α,β-unsaturated/α-hetero) is 1. The lowest BCUT2D eigenvalue weighted by Crippen LogP contribution is -2.44. The van der Waals surface area contributed by atoms with E-state index in [1.807, 2.05) is 25.2 Å². The number of ketones is 1. The van der Waals surface area contributed by atoms with Crippen LogP contribution in [-0.4, -0.2) is 47.0 Å². The van der Waals surface area contributed by atoms with E-state index in [1.54, 1.807) is 24.5 Å². The first kappa shape index (κ1) is 33.3. The van der Waals surface area contributed by atoms with Crippen LogP contribution in [0.2, 0.25) is 5.02 Å². The van der Waals surface area contributed by atoms with Crippen molar-refractivity contribution in [2.24, 2.45) is 0 Å². The molecule has 0 aliphatic carbocycles. The van der Waals surface area contributed by atoms with Crippen LogP contribution in [0.3, 0.4) is 0 Å². The van der Waals surface area contributed by atoms with Gasteiger partial charge in [-0.15, -0.1) is 37.2 Å². The van der Waals surface area contributed by atoms with E-state index < -0.39 is 11.6 Å². The molecule has 1 aliphatic rings. The van der Waals surface area contributed by atoms with Gasteiger partial charge < -0.3 is 20.6 Å². The number of carbonyl (C=O) groups is 1.